The molecule has 2 aromatic rings. The average molecular weight is 411 g/mol. The van der Waals surface area contributed by atoms with E-state index in [4.69, 9.17) is 15.2 Å². The molecule has 8 heteroatoms. The minimum absolute atomic E-state index is 0.0672. The Balaban J connectivity index is 1.64. The van der Waals surface area contributed by atoms with E-state index in [1.54, 1.807) is 20.8 Å². The summed E-state index contributed by atoms with van der Waals surface area (Å²) in [5.74, 6) is -1.08. The summed E-state index contributed by atoms with van der Waals surface area (Å²) in [6, 6.07) is 15.9. The number of primary amides is 1. The SMILES string of the molecule is CC(C)(C)OC(=O)N[C@H](NC(=O)OCC1c2ccccc2-c2ccccc21)C(N)=O. The summed E-state index contributed by atoms with van der Waals surface area (Å²) >= 11 is 0. The Morgan fingerprint density at radius 3 is 1.93 bits per heavy atom. The van der Waals surface area contributed by atoms with Gasteiger partial charge in [0.05, 0.1) is 0 Å². The van der Waals surface area contributed by atoms with Crippen LogP contribution in [0.4, 0.5) is 9.59 Å². The molecular formula is C22H25N3O5. The molecule has 0 bridgehead atoms. The van der Waals surface area contributed by atoms with Gasteiger partial charge in [0.1, 0.15) is 12.2 Å². The van der Waals surface area contributed by atoms with Crippen LogP contribution in [-0.4, -0.2) is 36.5 Å². The summed E-state index contributed by atoms with van der Waals surface area (Å²) in [7, 11) is 0. The Morgan fingerprint density at radius 1 is 0.933 bits per heavy atom. The maximum atomic E-state index is 12.3. The zero-order valence-corrected chi connectivity index (χ0v) is 17.1. The van der Waals surface area contributed by atoms with Crippen molar-refractivity contribution in [3.8, 4) is 11.1 Å². The second-order valence-electron chi connectivity index (χ2n) is 7.95. The van der Waals surface area contributed by atoms with Crippen LogP contribution in [0.1, 0.15) is 37.8 Å². The molecule has 0 saturated heterocycles. The molecule has 3 rings (SSSR count). The molecule has 4 N–H and O–H groups in total. The van der Waals surface area contributed by atoms with E-state index >= 15 is 0 Å². The van der Waals surface area contributed by atoms with Crippen LogP contribution in [0.3, 0.4) is 0 Å². The van der Waals surface area contributed by atoms with E-state index in [0.717, 1.165) is 22.3 Å². The van der Waals surface area contributed by atoms with E-state index in [0.29, 0.717) is 0 Å². The van der Waals surface area contributed by atoms with Gasteiger partial charge in [-0.15, -0.1) is 0 Å². The highest BCUT2D eigenvalue weighted by Gasteiger charge is 2.30. The van der Waals surface area contributed by atoms with Gasteiger partial charge in [-0.2, -0.15) is 0 Å². The van der Waals surface area contributed by atoms with Gasteiger partial charge >= 0.3 is 12.2 Å². The Bertz CT molecular complexity index is 922. The van der Waals surface area contributed by atoms with E-state index in [2.05, 4.69) is 10.6 Å². The molecule has 1 atom stereocenters. The molecule has 0 fully saturated rings. The largest absolute Gasteiger partial charge is 0.449 e. The molecular weight excluding hydrogens is 386 g/mol. The van der Waals surface area contributed by atoms with Crippen molar-refractivity contribution >= 4 is 18.1 Å². The predicted molar refractivity (Wildman–Crippen MR) is 111 cm³/mol. The minimum atomic E-state index is -1.46. The Morgan fingerprint density at radius 2 is 1.43 bits per heavy atom. The fourth-order valence-electron chi connectivity index (χ4n) is 3.36. The lowest BCUT2D eigenvalue weighted by atomic mass is 9.98. The third-order valence-electron chi connectivity index (χ3n) is 4.55. The van der Waals surface area contributed by atoms with Crippen molar-refractivity contribution in [3.63, 3.8) is 0 Å². The van der Waals surface area contributed by atoms with Crippen LogP contribution in [-0.2, 0) is 14.3 Å². The lowest BCUT2D eigenvalue weighted by Crippen LogP contribution is -2.56. The summed E-state index contributed by atoms with van der Waals surface area (Å²) in [5.41, 5.74) is 8.82. The number of alkyl carbamates (subject to hydrolysis) is 2. The van der Waals surface area contributed by atoms with Crippen molar-refractivity contribution in [2.24, 2.45) is 5.73 Å². The highest BCUT2D eigenvalue weighted by Crippen LogP contribution is 2.44. The summed E-state index contributed by atoms with van der Waals surface area (Å²) in [5, 5.41) is 4.47. The van der Waals surface area contributed by atoms with E-state index in [1.165, 1.54) is 0 Å². The molecule has 0 radical (unpaired) electrons. The molecule has 3 amide bonds. The first-order valence-corrected chi connectivity index (χ1v) is 9.56. The monoisotopic (exact) mass is 411 g/mol. The van der Waals surface area contributed by atoms with Gasteiger partial charge in [-0.25, -0.2) is 9.59 Å². The molecule has 8 nitrogen and oxygen atoms in total. The van der Waals surface area contributed by atoms with Crippen LogP contribution in [0.2, 0.25) is 0 Å². The number of amides is 3. The fraction of sp³-hybridized carbons (Fsp3) is 0.318. The van der Waals surface area contributed by atoms with Gasteiger partial charge in [-0.1, -0.05) is 48.5 Å². The molecule has 2 aromatic carbocycles. The van der Waals surface area contributed by atoms with Gasteiger partial charge in [0, 0.05) is 5.92 Å². The van der Waals surface area contributed by atoms with Crippen molar-refractivity contribution < 1.29 is 23.9 Å². The first-order chi connectivity index (χ1) is 14.2. The van der Waals surface area contributed by atoms with Crippen molar-refractivity contribution in [2.75, 3.05) is 6.61 Å². The normalized spacial score (nSPS) is 13.6. The number of benzene rings is 2. The standard InChI is InChI=1S/C22H25N3O5/c1-22(2,3)30-21(28)25-19(18(23)26)24-20(27)29-12-17-15-10-6-4-8-13(15)14-9-5-7-11-16(14)17/h4-11,17,19H,12H2,1-3H3,(H2,23,26)(H,24,27)(H,25,28)/t19-/m0/s1. The van der Waals surface area contributed by atoms with E-state index in [9.17, 15) is 14.4 Å². The molecule has 0 spiro atoms. The van der Waals surface area contributed by atoms with Crippen LogP contribution < -0.4 is 16.4 Å². The number of fused-ring (bicyclic) bond motifs is 3. The van der Waals surface area contributed by atoms with Crippen molar-refractivity contribution in [3.05, 3.63) is 59.7 Å². The second kappa shape index (κ2) is 8.44. The molecule has 0 unspecified atom stereocenters. The highest BCUT2D eigenvalue weighted by molar-refractivity contribution is 5.87. The van der Waals surface area contributed by atoms with Crippen LogP contribution in [0.25, 0.3) is 11.1 Å². The number of carbonyl (C=O) groups is 3. The third-order valence-corrected chi connectivity index (χ3v) is 4.55. The maximum Gasteiger partial charge on any atom is 0.409 e. The summed E-state index contributed by atoms with van der Waals surface area (Å²) < 4.78 is 10.4. The van der Waals surface area contributed by atoms with E-state index in [1.807, 2.05) is 48.5 Å². The molecule has 158 valence electrons. The number of nitrogens with one attached hydrogen (secondary N) is 2. The second-order valence-corrected chi connectivity index (χ2v) is 7.95. The molecule has 1 aliphatic carbocycles. The number of ether oxygens (including phenoxy) is 2. The average Bonchev–Trinajstić information content (AvgIpc) is 2.98. The molecule has 0 aromatic heterocycles. The van der Waals surface area contributed by atoms with Gasteiger partial charge < -0.3 is 15.2 Å². The smallest absolute Gasteiger partial charge is 0.409 e. The summed E-state index contributed by atoms with van der Waals surface area (Å²) in [6.07, 6.45) is -3.22. The first kappa shape index (κ1) is 21.2. The quantitative estimate of drug-likeness (QED) is 0.654. The maximum absolute atomic E-state index is 12.3. The lowest BCUT2D eigenvalue weighted by molar-refractivity contribution is -0.120. The van der Waals surface area contributed by atoms with Crippen LogP contribution in [0, 0.1) is 0 Å². The highest BCUT2D eigenvalue weighted by atomic mass is 16.6. The number of nitrogens with two attached hydrogens (primary N) is 1. The minimum Gasteiger partial charge on any atom is -0.449 e. The molecule has 0 heterocycles. The molecule has 0 aliphatic heterocycles. The first-order valence-electron chi connectivity index (χ1n) is 9.56. The fourth-order valence-corrected chi connectivity index (χ4v) is 3.36. The Labute approximate surface area is 174 Å². The van der Waals surface area contributed by atoms with Gasteiger partial charge in [-0.05, 0) is 43.0 Å². The van der Waals surface area contributed by atoms with Crippen molar-refractivity contribution in [1.82, 2.24) is 10.6 Å². The number of hydrogen-bond donors (Lipinski definition) is 3. The van der Waals surface area contributed by atoms with E-state index < -0.39 is 29.9 Å². The topological polar surface area (TPSA) is 120 Å². The summed E-state index contributed by atoms with van der Waals surface area (Å²) in [4.78, 5) is 35.7. The van der Waals surface area contributed by atoms with Gasteiger partial charge in [0.25, 0.3) is 5.91 Å². The number of rotatable bonds is 5. The van der Waals surface area contributed by atoms with Crippen LogP contribution in [0.15, 0.2) is 48.5 Å². The Hall–Kier alpha value is -3.55. The van der Waals surface area contributed by atoms with Gasteiger partial charge in [-0.3, -0.25) is 15.4 Å². The van der Waals surface area contributed by atoms with Crippen LogP contribution in [0.5, 0.6) is 0 Å². The van der Waals surface area contributed by atoms with E-state index in [-0.39, 0.29) is 12.5 Å². The van der Waals surface area contributed by atoms with Gasteiger partial charge in [0.15, 0.2) is 6.17 Å². The zero-order chi connectivity index (χ0) is 21.9. The van der Waals surface area contributed by atoms with Crippen molar-refractivity contribution in [1.29, 1.82) is 0 Å². The predicted octanol–water partition coefficient (Wildman–Crippen LogP) is 2.86. The third kappa shape index (κ3) is 4.89. The zero-order valence-electron chi connectivity index (χ0n) is 17.1. The van der Waals surface area contributed by atoms with Gasteiger partial charge in [0.2, 0.25) is 0 Å². The summed E-state index contributed by atoms with van der Waals surface area (Å²) in [6.45, 7) is 5.08. The number of carbonyl (C=O) groups excluding carboxylic acids is 3. The molecule has 1 aliphatic rings. The van der Waals surface area contributed by atoms with Crippen LogP contribution >= 0.6 is 0 Å². The molecule has 0 saturated carbocycles. The van der Waals surface area contributed by atoms with Crippen molar-refractivity contribution in [2.45, 2.75) is 38.5 Å². The lowest BCUT2D eigenvalue weighted by Gasteiger charge is -2.23. The Kier molecular flexibility index (Phi) is 5.96. The number of hydrogen-bond acceptors (Lipinski definition) is 5. The molecule has 30 heavy (non-hydrogen) atoms.